The monoisotopic (exact) mass is 295 g/mol. The molecule has 0 aromatic heterocycles. The largest absolute Gasteiger partial charge is 0.385 e. The quantitative estimate of drug-likeness (QED) is 0.467. The molecule has 0 unspecified atom stereocenters. The number of carbonyl (C=O) groups is 1. The number of anilines is 1. The first-order valence-electron chi connectivity index (χ1n) is 7.41. The van der Waals surface area contributed by atoms with Gasteiger partial charge in [-0.1, -0.05) is 42.5 Å². The Morgan fingerprint density at radius 2 is 1.95 bits per heavy atom. The Morgan fingerprint density at radius 3 is 2.73 bits per heavy atom. The number of hydrazone groups is 1. The number of amides is 1. The molecule has 2 aromatic rings. The van der Waals surface area contributed by atoms with Gasteiger partial charge in [-0.3, -0.25) is 4.79 Å². The summed E-state index contributed by atoms with van der Waals surface area (Å²) >= 11 is 0. The lowest BCUT2D eigenvalue weighted by Crippen LogP contribution is -2.18. The van der Waals surface area contributed by atoms with Crippen molar-refractivity contribution in [1.82, 2.24) is 5.43 Å². The van der Waals surface area contributed by atoms with Gasteiger partial charge in [0.05, 0.1) is 6.21 Å². The number of rotatable bonds is 7. The first kappa shape index (κ1) is 15.8. The molecule has 0 aliphatic rings. The van der Waals surface area contributed by atoms with Gasteiger partial charge in [-0.2, -0.15) is 5.10 Å². The highest BCUT2D eigenvalue weighted by Gasteiger charge is 1.99. The van der Waals surface area contributed by atoms with E-state index in [0.29, 0.717) is 6.42 Å². The van der Waals surface area contributed by atoms with E-state index in [9.17, 15) is 4.79 Å². The van der Waals surface area contributed by atoms with Gasteiger partial charge in [-0.15, -0.1) is 0 Å². The van der Waals surface area contributed by atoms with Crippen LogP contribution in [-0.2, 0) is 4.79 Å². The minimum Gasteiger partial charge on any atom is -0.385 e. The summed E-state index contributed by atoms with van der Waals surface area (Å²) in [7, 11) is 0. The van der Waals surface area contributed by atoms with Crippen LogP contribution in [0, 0.1) is 6.92 Å². The molecule has 0 bridgehead atoms. The number of hydrogen-bond donors (Lipinski definition) is 2. The zero-order valence-corrected chi connectivity index (χ0v) is 12.8. The highest BCUT2D eigenvalue weighted by Crippen LogP contribution is 2.09. The molecule has 0 fully saturated rings. The molecule has 22 heavy (non-hydrogen) atoms. The standard InChI is InChI=1S/C18H21N3O/c1-15-7-5-10-17(13-15)19-12-6-11-18(22)21-20-14-16-8-3-2-4-9-16/h2-5,7-10,13-14,19H,6,11-12H2,1H3,(H,21,22). The molecule has 114 valence electrons. The van der Waals surface area contributed by atoms with Gasteiger partial charge in [0.1, 0.15) is 0 Å². The van der Waals surface area contributed by atoms with Crippen LogP contribution in [0.25, 0.3) is 0 Å². The number of hydrogen-bond acceptors (Lipinski definition) is 3. The molecule has 2 N–H and O–H groups in total. The molecule has 0 saturated heterocycles. The lowest BCUT2D eigenvalue weighted by molar-refractivity contribution is -0.121. The minimum atomic E-state index is -0.0711. The minimum absolute atomic E-state index is 0.0711. The van der Waals surface area contributed by atoms with Gasteiger partial charge in [0, 0.05) is 18.7 Å². The Labute approximate surface area is 131 Å². The highest BCUT2D eigenvalue weighted by atomic mass is 16.2. The summed E-state index contributed by atoms with van der Waals surface area (Å²) in [6, 6.07) is 17.9. The summed E-state index contributed by atoms with van der Waals surface area (Å²) in [5, 5.41) is 7.25. The molecule has 0 spiro atoms. The van der Waals surface area contributed by atoms with E-state index in [1.807, 2.05) is 42.5 Å². The lowest BCUT2D eigenvalue weighted by Gasteiger charge is -2.06. The SMILES string of the molecule is Cc1cccc(NCCCC(=O)NN=Cc2ccccc2)c1. The predicted molar refractivity (Wildman–Crippen MR) is 91.1 cm³/mol. The van der Waals surface area contributed by atoms with E-state index in [0.717, 1.165) is 24.2 Å². The van der Waals surface area contributed by atoms with E-state index in [2.05, 4.69) is 34.9 Å². The molecule has 2 rings (SSSR count). The van der Waals surface area contributed by atoms with Crippen molar-refractivity contribution >= 4 is 17.8 Å². The smallest absolute Gasteiger partial charge is 0.240 e. The molecule has 0 atom stereocenters. The average molecular weight is 295 g/mol. The summed E-state index contributed by atoms with van der Waals surface area (Å²) in [4.78, 5) is 11.6. The fourth-order valence-corrected chi connectivity index (χ4v) is 2.01. The summed E-state index contributed by atoms with van der Waals surface area (Å²) in [5.74, 6) is -0.0711. The van der Waals surface area contributed by atoms with E-state index in [4.69, 9.17) is 0 Å². The lowest BCUT2D eigenvalue weighted by atomic mass is 10.2. The summed E-state index contributed by atoms with van der Waals surface area (Å²) < 4.78 is 0. The molecule has 0 aliphatic heterocycles. The molecule has 0 saturated carbocycles. The van der Waals surface area contributed by atoms with Crippen molar-refractivity contribution in [3.05, 3.63) is 65.7 Å². The van der Waals surface area contributed by atoms with Crippen LogP contribution >= 0.6 is 0 Å². The van der Waals surface area contributed by atoms with Crippen molar-refractivity contribution in [2.75, 3.05) is 11.9 Å². The second-order valence-corrected chi connectivity index (χ2v) is 5.10. The maximum absolute atomic E-state index is 11.6. The zero-order valence-electron chi connectivity index (χ0n) is 12.8. The Kier molecular flexibility index (Phi) is 6.18. The summed E-state index contributed by atoms with van der Waals surface area (Å²) in [5.41, 5.74) is 5.81. The van der Waals surface area contributed by atoms with Crippen molar-refractivity contribution in [1.29, 1.82) is 0 Å². The molecular weight excluding hydrogens is 274 g/mol. The normalized spacial score (nSPS) is 10.6. The van der Waals surface area contributed by atoms with Crippen molar-refractivity contribution in [2.24, 2.45) is 5.10 Å². The van der Waals surface area contributed by atoms with Crippen LogP contribution in [0.2, 0.25) is 0 Å². The fourth-order valence-electron chi connectivity index (χ4n) is 2.01. The maximum atomic E-state index is 11.6. The Hall–Kier alpha value is -2.62. The second-order valence-electron chi connectivity index (χ2n) is 5.10. The van der Waals surface area contributed by atoms with E-state index in [-0.39, 0.29) is 5.91 Å². The van der Waals surface area contributed by atoms with Gasteiger partial charge in [0.2, 0.25) is 5.91 Å². The van der Waals surface area contributed by atoms with Gasteiger partial charge >= 0.3 is 0 Å². The van der Waals surface area contributed by atoms with Crippen molar-refractivity contribution < 1.29 is 4.79 Å². The van der Waals surface area contributed by atoms with Crippen molar-refractivity contribution in [2.45, 2.75) is 19.8 Å². The van der Waals surface area contributed by atoms with Gasteiger partial charge in [0.25, 0.3) is 0 Å². The fraction of sp³-hybridized carbons (Fsp3) is 0.222. The third-order valence-corrected chi connectivity index (χ3v) is 3.13. The molecule has 0 aliphatic carbocycles. The molecule has 4 heteroatoms. The summed E-state index contributed by atoms with van der Waals surface area (Å²) in [6.07, 6.45) is 2.86. The Balaban J connectivity index is 1.63. The first-order valence-corrected chi connectivity index (χ1v) is 7.41. The van der Waals surface area contributed by atoms with Gasteiger partial charge < -0.3 is 5.32 Å². The van der Waals surface area contributed by atoms with Crippen LogP contribution in [0.3, 0.4) is 0 Å². The third-order valence-electron chi connectivity index (χ3n) is 3.13. The van der Waals surface area contributed by atoms with Crippen molar-refractivity contribution in [3.8, 4) is 0 Å². The van der Waals surface area contributed by atoms with E-state index in [1.165, 1.54) is 5.56 Å². The topological polar surface area (TPSA) is 53.5 Å². The van der Waals surface area contributed by atoms with E-state index < -0.39 is 0 Å². The molecule has 2 aromatic carbocycles. The van der Waals surface area contributed by atoms with Crippen LogP contribution in [-0.4, -0.2) is 18.7 Å². The first-order chi connectivity index (χ1) is 10.7. The van der Waals surface area contributed by atoms with Crippen LogP contribution < -0.4 is 10.7 Å². The number of nitrogens with one attached hydrogen (secondary N) is 2. The zero-order chi connectivity index (χ0) is 15.6. The third kappa shape index (κ3) is 5.79. The van der Waals surface area contributed by atoms with E-state index >= 15 is 0 Å². The number of benzene rings is 2. The van der Waals surface area contributed by atoms with E-state index in [1.54, 1.807) is 6.21 Å². The average Bonchev–Trinajstić information content (AvgIpc) is 2.53. The second kappa shape index (κ2) is 8.62. The number of aryl methyl sites for hydroxylation is 1. The van der Waals surface area contributed by atoms with Gasteiger partial charge in [-0.05, 0) is 36.6 Å². The van der Waals surface area contributed by atoms with Gasteiger partial charge in [-0.25, -0.2) is 5.43 Å². The van der Waals surface area contributed by atoms with Crippen LogP contribution in [0.15, 0.2) is 59.7 Å². The molecule has 4 nitrogen and oxygen atoms in total. The predicted octanol–water partition coefficient (Wildman–Crippen LogP) is 3.34. The molecule has 0 heterocycles. The number of carbonyl (C=O) groups excluding carboxylic acids is 1. The van der Waals surface area contributed by atoms with Crippen LogP contribution in [0.5, 0.6) is 0 Å². The Bertz CT molecular complexity index is 623. The summed E-state index contributed by atoms with van der Waals surface area (Å²) in [6.45, 7) is 2.82. The van der Waals surface area contributed by atoms with Crippen LogP contribution in [0.4, 0.5) is 5.69 Å². The Morgan fingerprint density at radius 1 is 1.14 bits per heavy atom. The maximum Gasteiger partial charge on any atom is 0.240 e. The molecule has 1 amide bonds. The van der Waals surface area contributed by atoms with Gasteiger partial charge in [0.15, 0.2) is 0 Å². The molecule has 0 radical (unpaired) electrons. The van der Waals surface area contributed by atoms with Crippen molar-refractivity contribution in [3.63, 3.8) is 0 Å². The van der Waals surface area contributed by atoms with Crippen LogP contribution in [0.1, 0.15) is 24.0 Å². The highest BCUT2D eigenvalue weighted by molar-refractivity contribution is 5.82. The molecular formula is C18H21N3O. The number of nitrogens with zero attached hydrogens (tertiary/aromatic N) is 1.